The van der Waals surface area contributed by atoms with Crippen LogP contribution in [0, 0.1) is 12.3 Å². The Morgan fingerprint density at radius 3 is 2.42 bits per heavy atom. The van der Waals surface area contributed by atoms with Crippen LogP contribution in [0.15, 0.2) is 41.2 Å². The third kappa shape index (κ3) is 1.58. The molecule has 1 heterocycles. The van der Waals surface area contributed by atoms with Gasteiger partial charge in [0.1, 0.15) is 0 Å². The molecule has 2 aliphatic carbocycles. The van der Waals surface area contributed by atoms with Crippen LogP contribution >= 0.6 is 0 Å². The van der Waals surface area contributed by atoms with Gasteiger partial charge in [-0.2, -0.15) is 0 Å². The van der Waals surface area contributed by atoms with Crippen molar-refractivity contribution in [3.05, 3.63) is 63.6 Å². The monoisotopic (exact) mass is 346 g/mol. The Kier molecular flexibility index (Phi) is 2.88. The summed E-state index contributed by atoms with van der Waals surface area (Å²) >= 11 is 0. The molecule has 2 bridgehead atoms. The van der Waals surface area contributed by atoms with E-state index in [-0.39, 0.29) is 16.4 Å². The smallest absolute Gasteiger partial charge is 0.275 e. The van der Waals surface area contributed by atoms with E-state index >= 15 is 0 Å². The first kappa shape index (κ1) is 15.9. The largest absolute Gasteiger partial charge is 0.284 e. The number of aryl methyl sites for hydroxylation is 1. The Morgan fingerprint density at radius 1 is 1.04 bits per heavy atom. The van der Waals surface area contributed by atoms with Gasteiger partial charge in [-0.25, -0.2) is 4.68 Å². The molecule has 3 aromatic rings. The lowest BCUT2D eigenvalue weighted by Crippen LogP contribution is -2.35. The summed E-state index contributed by atoms with van der Waals surface area (Å²) in [7, 11) is 2.07. The van der Waals surface area contributed by atoms with Crippen LogP contribution in [0.2, 0.25) is 0 Å². The lowest BCUT2D eigenvalue weighted by atomic mass is 9.70. The average molecular weight is 346 g/mol. The molecule has 3 nitrogen and oxygen atoms in total. The number of rotatable bonds is 1. The van der Waals surface area contributed by atoms with Gasteiger partial charge in [-0.1, -0.05) is 51.1 Å². The molecule has 0 aliphatic heterocycles. The standard InChI is InChI=1S/C23H26N2O/c1-14-10-11-18(16-9-7-6-8-15(14)16)25-21(26)19-17-12-13-23(4,22(17,2)3)20(19)24(25)5/h6-11,17H,12-13H2,1-5H3/t17-,23+/m1/s1. The van der Waals surface area contributed by atoms with Gasteiger partial charge in [0.2, 0.25) is 0 Å². The highest BCUT2D eigenvalue weighted by Gasteiger charge is 2.62. The summed E-state index contributed by atoms with van der Waals surface area (Å²) in [6, 6.07) is 12.6. The third-order valence-electron chi connectivity index (χ3n) is 7.75. The van der Waals surface area contributed by atoms with Crippen LogP contribution in [0.3, 0.4) is 0 Å². The summed E-state index contributed by atoms with van der Waals surface area (Å²) in [5.74, 6) is 0.374. The highest BCUT2D eigenvalue weighted by molar-refractivity contribution is 5.92. The van der Waals surface area contributed by atoms with Crippen molar-refractivity contribution in [3.63, 3.8) is 0 Å². The molecule has 0 radical (unpaired) electrons. The Balaban J connectivity index is 1.86. The molecule has 1 fully saturated rings. The fraction of sp³-hybridized carbons (Fsp3) is 0.435. The van der Waals surface area contributed by atoms with Crippen molar-refractivity contribution >= 4 is 10.8 Å². The fourth-order valence-corrected chi connectivity index (χ4v) is 5.91. The molecule has 0 saturated heterocycles. The highest BCUT2D eigenvalue weighted by Crippen LogP contribution is 2.66. The molecular weight excluding hydrogens is 320 g/mol. The van der Waals surface area contributed by atoms with Crippen LogP contribution in [0.4, 0.5) is 0 Å². The number of benzene rings is 2. The van der Waals surface area contributed by atoms with Gasteiger partial charge in [0.15, 0.2) is 0 Å². The molecular formula is C23H26N2O. The second kappa shape index (κ2) is 4.70. The number of hydrogen-bond acceptors (Lipinski definition) is 1. The molecule has 1 saturated carbocycles. The van der Waals surface area contributed by atoms with Gasteiger partial charge in [-0.05, 0) is 48.1 Å². The van der Waals surface area contributed by atoms with E-state index in [0.29, 0.717) is 5.92 Å². The zero-order chi connectivity index (χ0) is 18.4. The van der Waals surface area contributed by atoms with E-state index in [9.17, 15) is 4.79 Å². The minimum absolute atomic E-state index is 0.0761. The lowest BCUT2D eigenvalue weighted by Gasteiger charge is -2.36. The molecule has 3 heteroatoms. The fourth-order valence-electron chi connectivity index (χ4n) is 5.91. The van der Waals surface area contributed by atoms with Gasteiger partial charge in [-0.15, -0.1) is 0 Å². The molecule has 0 unspecified atom stereocenters. The van der Waals surface area contributed by atoms with Gasteiger partial charge in [0.25, 0.3) is 5.56 Å². The van der Waals surface area contributed by atoms with Crippen LogP contribution in [-0.2, 0) is 12.5 Å². The van der Waals surface area contributed by atoms with Gasteiger partial charge >= 0.3 is 0 Å². The maximum Gasteiger partial charge on any atom is 0.275 e. The van der Waals surface area contributed by atoms with Crippen molar-refractivity contribution in [2.45, 2.75) is 51.9 Å². The number of nitrogens with zero attached hydrogens (tertiary/aromatic N) is 2. The second-order valence-corrected chi connectivity index (χ2v) is 9.00. The molecule has 2 aliphatic rings. The summed E-state index contributed by atoms with van der Waals surface area (Å²) in [4.78, 5) is 13.6. The first-order valence-corrected chi connectivity index (χ1v) is 9.60. The Labute approximate surface area is 154 Å². The van der Waals surface area contributed by atoms with Crippen molar-refractivity contribution in [2.75, 3.05) is 0 Å². The summed E-state index contributed by atoms with van der Waals surface area (Å²) < 4.78 is 4.06. The van der Waals surface area contributed by atoms with Crippen LogP contribution in [-0.4, -0.2) is 9.36 Å². The molecule has 0 N–H and O–H groups in total. The predicted molar refractivity (Wildman–Crippen MR) is 106 cm³/mol. The zero-order valence-electron chi connectivity index (χ0n) is 16.3. The van der Waals surface area contributed by atoms with Crippen molar-refractivity contribution in [2.24, 2.45) is 12.5 Å². The maximum absolute atomic E-state index is 13.6. The van der Waals surface area contributed by atoms with Crippen molar-refractivity contribution in [1.82, 2.24) is 9.36 Å². The molecule has 134 valence electrons. The highest BCUT2D eigenvalue weighted by atomic mass is 16.1. The minimum atomic E-state index is 0.0761. The lowest BCUT2D eigenvalue weighted by molar-refractivity contribution is 0.218. The van der Waals surface area contributed by atoms with Crippen LogP contribution in [0.5, 0.6) is 0 Å². The number of fused-ring (bicyclic) bond motifs is 6. The normalized spacial score (nSPS) is 25.8. The second-order valence-electron chi connectivity index (χ2n) is 9.00. The Bertz CT molecular complexity index is 1130. The molecule has 2 atom stereocenters. The van der Waals surface area contributed by atoms with E-state index in [1.807, 2.05) is 4.68 Å². The van der Waals surface area contributed by atoms with Crippen molar-refractivity contribution in [1.29, 1.82) is 0 Å². The summed E-state index contributed by atoms with van der Waals surface area (Å²) in [6.45, 7) is 9.17. The first-order chi connectivity index (χ1) is 12.3. The van der Waals surface area contributed by atoms with Crippen LogP contribution in [0.1, 0.15) is 56.4 Å². The van der Waals surface area contributed by atoms with E-state index in [1.165, 1.54) is 23.1 Å². The predicted octanol–water partition coefficient (Wildman–Crippen LogP) is 4.81. The van der Waals surface area contributed by atoms with E-state index in [4.69, 9.17) is 0 Å². The molecule has 5 rings (SSSR count). The van der Waals surface area contributed by atoms with Gasteiger partial charge in [0.05, 0.1) is 11.4 Å². The topological polar surface area (TPSA) is 26.9 Å². The van der Waals surface area contributed by atoms with Gasteiger partial charge in [0, 0.05) is 23.4 Å². The summed E-state index contributed by atoms with van der Waals surface area (Å²) in [5, 5.41) is 2.36. The van der Waals surface area contributed by atoms with E-state index in [2.05, 4.69) is 75.8 Å². The van der Waals surface area contributed by atoms with Crippen molar-refractivity contribution < 1.29 is 0 Å². The molecule has 2 aromatic carbocycles. The number of aromatic nitrogens is 2. The first-order valence-electron chi connectivity index (χ1n) is 9.60. The van der Waals surface area contributed by atoms with E-state index in [1.54, 1.807) is 0 Å². The van der Waals surface area contributed by atoms with Crippen LogP contribution < -0.4 is 5.56 Å². The van der Waals surface area contributed by atoms with Gasteiger partial charge < -0.3 is 0 Å². The third-order valence-corrected chi connectivity index (χ3v) is 7.75. The van der Waals surface area contributed by atoms with Crippen molar-refractivity contribution in [3.8, 4) is 5.69 Å². The Morgan fingerprint density at radius 2 is 1.73 bits per heavy atom. The minimum Gasteiger partial charge on any atom is -0.284 e. The quantitative estimate of drug-likeness (QED) is 0.621. The Hall–Kier alpha value is -2.29. The molecule has 26 heavy (non-hydrogen) atoms. The summed E-state index contributed by atoms with van der Waals surface area (Å²) in [6.07, 6.45) is 2.30. The van der Waals surface area contributed by atoms with E-state index in [0.717, 1.165) is 23.1 Å². The average Bonchev–Trinajstić information content (AvgIpc) is 3.08. The zero-order valence-corrected chi connectivity index (χ0v) is 16.3. The summed E-state index contributed by atoms with van der Waals surface area (Å²) in [5.41, 5.74) is 4.97. The number of hydrogen-bond donors (Lipinski definition) is 0. The van der Waals surface area contributed by atoms with Crippen LogP contribution in [0.25, 0.3) is 16.5 Å². The molecule has 0 amide bonds. The molecule has 0 spiro atoms. The molecule has 1 aromatic heterocycles. The van der Waals surface area contributed by atoms with E-state index < -0.39 is 0 Å². The maximum atomic E-state index is 13.6. The SMILES string of the molecule is Cc1ccc(-n2c(=O)c3c(n2C)[C@]2(C)CC[C@H]3C2(C)C)c2ccccc12. The van der Waals surface area contributed by atoms with Gasteiger partial charge in [-0.3, -0.25) is 9.48 Å².